The molecule has 0 atom stereocenters. The molecule has 4 nitrogen and oxygen atoms in total. The van der Waals surface area contributed by atoms with E-state index in [0.29, 0.717) is 17.7 Å². The molecule has 1 amide bonds. The summed E-state index contributed by atoms with van der Waals surface area (Å²) < 4.78 is 1.07. The fourth-order valence-corrected chi connectivity index (χ4v) is 2.96. The normalized spacial score (nSPS) is 10.2. The summed E-state index contributed by atoms with van der Waals surface area (Å²) in [6, 6.07) is 9.06. The van der Waals surface area contributed by atoms with E-state index in [1.165, 1.54) is 11.3 Å². The van der Waals surface area contributed by atoms with Gasteiger partial charge in [0.15, 0.2) is 0 Å². The highest BCUT2D eigenvalue weighted by Gasteiger charge is 2.08. The Morgan fingerprint density at radius 3 is 2.50 bits per heavy atom. The second kappa shape index (κ2) is 6.85. The Bertz CT molecular complexity index is 622. The van der Waals surface area contributed by atoms with Gasteiger partial charge in [0.1, 0.15) is 0 Å². The number of halogens is 1. The Balaban J connectivity index is 1.96. The van der Waals surface area contributed by atoms with E-state index in [2.05, 4.69) is 27.9 Å². The van der Waals surface area contributed by atoms with Crippen LogP contribution in [0.5, 0.6) is 0 Å². The van der Waals surface area contributed by atoms with Crippen molar-refractivity contribution < 1.29 is 14.7 Å². The highest BCUT2D eigenvalue weighted by atomic mass is 127. The SMILES string of the molecule is O=C(O)CCc1ccc(NC(=O)c2csc(I)c2)cc1. The first-order chi connectivity index (χ1) is 9.54. The lowest BCUT2D eigenvalue weighted by Crippen LogP contribution is -2.10. The number of aliphatic carboxylic acids is 1. The first-order valence-corrected chi connectivity index (χ1v) is 7.86. The molecule has 1 aromatic heterocycles. The van der Waals surface area contributed by atoms with Crippen molar-refractivity contribution in [3.05, 3.63) is 49.7 Å². The number of hydrogen-bond acceptors (Lipinski definition) is 3. The average molecular weight is 401 g/mol. The first kappa shape index (κ1) is 15.0. The molecule has 20 heavy (non-hydrogen) atoms. The maximum Gasteiger partial charge on any atom is 0.303 e. The largest absolute Gasteiger partial charge is 0.481 e. The van der Waals surface area contributed by atoms with Gasteiger partial charge >= 0.3 is 5.97 Å². The molecular formula is C14H12INO3S. The van der Waals surface area contributed by atoms with Crippen molar-refractivity contribution in [2.75, 3.05) is 5.32 Å². The van der Waals surface area contributed by atoms with Crippen molar-refractivity contribution in [2.24, 2.45) is 0 Å². The number of benzene rings is 1. The number of amides is 1. The van der Waals surface area contributed by atoms with Gasteiger partial charge in [0.05, 0.1) is 8.45 Å². The topological polar surface area (TPSA) is 66.4 Å². The Hall–Kier alpha value is -1.41. The molecule has 1 aromatic carbocycles. The van der Waals surface area contributed by atoms with E-state index in [-0.39, 0.29) is 12.3 Å². The van der Waals surface area contributed by atoms with Crippen LogP contribution in [-0.2, 0) is 11.2 Å². The summed E-state index contributed by atoms with van der Waals surface area (Å²) in [6.45, 7) is 0. The van der Waals surface area contributed by atoms with Crippen LogP contribution in [0.4, 0.5) is 5.69 Å². The van der Waals surface area contributed by atoms with Gasteiger partial charge < -0.3 is 10.4 Å². The summed E-state index contributed by atoms with van der Waals surface area (Å²) in [7, 11) is 0. The van der Waals surface area contributed by atoms with Crippen molar-refractivity contribution in [1.29, 1.82) is 0 Å². The van der Waals surface area contributed by atoms with Gasteiger partial charge in [-0.1, -0.05) is 12.1 Å². The van der Waals surface area contributed by atoms with Crippen LogP contribution in [0.15, 0.2) is 35.7 Å². The zero-order valence-electron chi connectivity index (χ0n) is 10.4. The van der Waals surface area contributed by atoms with Crippen molar-refractivity contribution >= 4 is 51.5 Å². The fraction of sp³-hybridized carbons (Fsp3) is 0.143. The summed E-state index contributed by atoms with van der Waals surface area (Å²) in [6.07, 6.45) is 0.603. The van der Waals surface area contributed by atoms with E-state index >= 15 is 0 Å². The molecule has 0 saturated carbocycles. The molecule has 1 heterocycles. The van der Waals surface area contributed by atoms with Crippen molar-refractivity contribution in [2.45, 2.75) is 12.8 Å². The molecular weight excluding hydrogens is 389 g/mol. The predicted octanol–water partition coefficient (Wildman–Crippen LogP) is 3.62. The van der Waals surface area contributed by atoms with E-state index in [9.17, 15) is 9.59 Å². The molecule has 2 rings (SSSR count). The van der Waals surface area contributed by atoms with Gasteiger partial charge in [0, 0.05) is 17.5 Å². The number of aryl methyl sites for hydroxylation is 1. The van der Waals surface area contributed by atoms with E-state index < -0.39 is 5.97 Å². The van der Waals surface area contributed by atoms with Crippen molar-refractivity contribution in [3.63, 3.8) is 0 Å². The minimum atomic E-state index is -0.811. The van der Waals surface area contributed by atoms with Crippen LogP contribution in [0.25, 0.3) is 0 Å². The fourth-order valence-electron chi connectivity index (χ4n) is 1.64. The molecule has 2 N–H and O–H groups in total. The minimum Gasteiger partial charge on any atom is -0.481 e. The van der Waals surface area contributed by atoms with Gasteiger partial charge in [0.2, 0.25) is 0 Å². The molecule has 0 spiro atoms. The number of nitrogens with one attached hydrogen (secondary N) is 1. The summed E-state index contributed by atoms with van der Waals surface area (Å²) in [5.41, 5.74) is 2.29. The molecule has 0 aliphatic carbocycles. The molecule has 0 fully saturated rings. The highest BCUT2D eigenvalue weighted by molar-refractivity contribution is 14.1. The second-order valence-electron chi connectivity index (χ2n) is 4.18. The number of carbonyl (C=O) groups is 2. The van der Waals surface area contributed by atoms with Crippen molar-refractivity contribution in [1.82, 2.24) is 0 Å². The smallest absolute Gasteiger partial charge is 0.303 e. The number of rotatable bonds is 5. The predicted molar refractivity (Wildman–Crippen MR) is 87.4 cm³/mol. The van der Waals surface area contributed by atoms with Gasteiger partial charge in [-0.05, 0) is 52.8 Å². The number of carboxylic acids is 1. The molecule has 0 saturated heterocycles. The van der Waals surface area contributed by atoms with Gasteiger partial charge in [-0.3, -0.25) is 9.59 Å². The zero-order chi connectivity index (χ0) is 14.5. The first-order valence-electron chi connectivity index (χ1n) is 5.91. The van der Waals surface area contributed by atoms with Gasteiger partial charge in [-0.2, -0.15) is 0 Å². The van der Waals surface area contributed by atoms with E-state index in [1.54, 1.807) is 12.1 Å². The standard InChI is InChI=1S/C14H12INO3S/c15-12-7-10(8-20-12)14(19)16-11-4-1-9(2-5-11)3-6-13(17)18/h1-2,4-5,7-8H,3,6H2,(H,16,19)(H,17,18). The Morgan fingerprint density at radius 2 is 1.95 bits per heavy atom. The lowest BCUT2D eigenvalue weighted by atomic mass is 10.1. The van der Waals surface area contributed by atoms with E-state index in [0.717, 1.165) is 8.45 Å². The Labute approximate surface area is 134 Å². The van der Waals surface area contributed by atoms with Crippen LogP contribution in [0.1, 0.15) is 22.3 Å². The van der Waals surface area contributed by atoms with Crippen LogP contribution in [-0.4, -0.2) is 17.0 Å². The number of carbonyl (C=O) groups excluding carboxylic acids is 1. The number of anilines is 1. The summed E-state index contributed by atoms with van der Waals surface area (Å²) in [5, 5.41) is 13.2. The van der Waals surface area contributed by atoms with Gasteiger partial charge in [-0.15, -0.1) is 11.3 Å². The minimum absolute atomic E-state index is 0.110. The summed E-state index contributed by atoms with van der Waals surface area (Å²) in [5.74, 6) is -0.947. The van der Waals surface area contributed by atoms with Gasteiger partial charge in [0.25, 0.3) is 5.91 Å². The third-order valence-corrected chi connectivity index (χ3v) is 4.46. The Kier molecular flexibility index (Phi) is 5.13. The van der Waals surface area contributed by atoms with Gasteiger partial charge in [-0.25, -0.2) is 0 Å². The lowest BCUT2D eigenvalue weighted by Gasteiger charge is -2.05. The molecule has 0 unspecified atom stereocenters. The van der Waals surface area contributed by atoms with Crippen LogP contribution >= 0.6 is 33.9 Å². The summed E-state index contributed by atoms with van der Waals surface area (Å²) >= 11 is 3.70. The molecule has 0 radical (unpaired) electrons. The van der Waals surface area contributed by atoms with E-state index in [4.69, 9.17) is 5.11 Å². The second-order valence-corrected chi connectivity index (χ2v) is 6.99. The number of thiophene rings is 1. The average Bonchev–Trinajstić information content (AvgIpc) is 2.85. The zero-order valence-corrected chi connectivity index (χ0v) is 13.4. The van der Waals surface area contributed by atoms with Crippen LogP contribution in [0.2, 0.25) is 0 Å². The maximum absolute atomic E-state index is 11.9. The summed E-state index contributed by atoms with van der Waals surface area (Å²) in [4.78, 5) is 22.4. The maximum atomic E-state index is 11.9. The lowest BCUT2D eigenvalue weighted by molar-refractivity contribution is -0.136. The molecule has 0 bridgehead atoms. The monoisotopic (exact) mass is 401 g/mol. The van der Waals surface area contributed by atoms with Crippen molar-refractivity contribution in [3.8, 4) is 0 Å². The van der Waals surface area contributed by atoms with Crippen LogP contribution in [0.3, 0.4) is 0 Å². The quantitative estimate of drug-likeness (QED) is 0.753. The highest BCUT2D eigenvalue weighted by Crippen LogP contribution is 2.18. The molecule has 0 aliphatic rings. The molecule has 6 heteroatoms. The third kappa shape index (κ3) is 4.31. The number of carboxylic acid groups (broad SMARTS) is 1. The molecule has 0 aliphatic heterocycles. The Morgan fingerprint density at radius 1 is 1.25 bits per heavy atom. The third-order valence-electron chi connectivity index (χ3n) is 2.67. The number of hydrogen-bond donors (Lipinski definition) is 2. The van der Waals surface area contributed by atoms with E-state index in [1.807, 2.05) is 23.6 Å². The van der Waals surface area contributed by atoms with Crippen LogP contribution in [0, 0.1) is 2.88 Å². The molecule has 104 valence electrons. The van der Waals surface area contributed by atoms with Crippen LogP contribution < -0.4 is 5.32 Å². The molecule has 2 aromatic rings.